The van der Waals surface area contributed by atoms with E-state index in [1.54, 1.807) is 30.3 Å². The van der Waals surface area contributed by atoms with Crippen LogP contribution in [0.15, 0.2) is 35.2 Å². The zero-order chi connectivity index (χ0) is 11.5. The first kappa shape index (κ1) is 11.4. The average molecular weight is 227 g/mol. The minimum Gasteiger partial charge on any atom is -0.477 e. The number of carboxylic acids is 1. The fourth-order valence-corrected chi connectivity index (χ4v) is 1.51. The molecule has 0 amide bonds. The number of sulfonamides is 1. The molecule has 1 aromatic rings. The topological polar surface area (TPSA) is 97.5 Å². The van der Waals surface area contributed by atoms with Crippen molar-refractivity contribution in [3.63, 3.8) is 0 Å². The molecule has 0 fully saturated rings. The number of carbonyl (C=O) groups is 1. The van der Waals surface area contributed by atoms with Crippen LogP contribution in [-0.2, 0) is 14.8 Å². The van der Waals surface area contributed by atoms with E-state index in [2.05, 4.69) is 0 Å². The van der Waals surface area contributed by atoms with Gasteiger partial charge in [0.2, 0.25) is 10.0 Å². The average Bonchev–Trinajstić information content (AvgIpc) is 2.13. The Bertz CT molecular complexity index is 490. The fourth-order valence-electron chi connectivity index (χ4n) is 0.966. The maximum atomic E-state index is 10.9. The van der Waals surface area contributed by atoms with Gasteiger partial charge in [0.15, 0.2) is 4.91 Å². The number of rotatable bonds is 3. The lowest BCUT2D eigenvalue weighted by Crippen LogP contribution is -2.20. The maximum Gasteiger partial charge on any atom is 0.348 e. The zero-order valence-electron chi connectivity index (χ0n) is 7.62. The number of primary sulfonamides is 1. The van der Waals surface area contributed by atoms with Crippen LogP contribution >= 0.6 is 0 Å². The lowest BCUT2D eigenvalue weighted by molar-refractivity contribution is -0.131. The second-order valence-electron chi connectivity index (χ2n) is 2.77. The highest BCUT2D eigenvalue weighted by Crippen LogP contribution is 2.10. The van der Waals surface area contributed by atoms with Crippen LogP contribution in [0.3, 0.4) is 0 Å². The molecule has 0 aliphatic rings. The quantitative estimate of drug-likeness (QED) is 0.730. The van der Waals surface area contributed by atoms with E-state index in [9.17, 15) is 13.2 Å². The summed E-state index contributed by atoms with van der Waals surface area (Å²) < 4.78 is 21.8. The molecule has 5 nitrogen and oxygen atoms in total. The van der Waals surface area contributed by atoms with Crippen LogP contribution in [0.4, 0.5) is 0 Å². The van der Waals surface area contributed by atoms with Crippen molar-refractivity contribution in [3.05, 3.63) is 40.8 Å². The number of aliphatic carboxylic acids is 1. The van der Waals surface area contributed by atoms with Gasteiger partial charge in [-0.05, 0) is 11.6 Å². The molecule has 0 aliphatic heterocycles. The highest BCUT2D eigenvalue weighted by Gasteiger charge is 2.19. The summed E-state index contributed by atoms with van der Waals surface area (Å²) in [5.41, 5.74) is 0.462. The van der Waals surface area contributed by atoms with Gasteiger partial charge >= 0.3 is 5.97 Å². The van der Waals surface area contributed by atoms with Crippen LogP contribution < -0.4 is 5.14 Å². The highest BCUT2D eigenvalue weighted by atomic mass is 32.2. The molecule has 0 bridgehead atoms. The summed E-state index contributed by atoms with van der Waals surface area (Å²) in [6.45, 7) is 0. The Morgan fingerprint density at radius 2 is 1.80 bits per heavy atom. The predicted octanol–water partition coefficient (Wildman–Crippen LogP) is 0.401. The second-order valence-corrected chi connectivity index (χ2v) is 4.30. The Hall–Kier alpha value is -1.66. The molecule has 1 rings (SSSR count). The highest BCUT2D eigenvalue weighted by molar-refractivity contribution is 7.94. The Labute approximate surface area is 86.9 Å². The van der Waals surface area contributed by atoms with E-state index >= 15 is 0 Å². The summed E-state index contributed by atoms with van der Waals surface area (Å²) in [4.78, 5) is 9.80. The van der Waals surface area contributed by atoms with Crippen molar-refractivity contribution in [2.24, 2.45) is 5.14 Å². The van der Waals surface area contributed by atoms with Gasteiger partial charge in [-0.2, -0.15) is 0 Å². The van der Waals surface area contributed by atoms with Gasteiger partial charge in [0.05, 0.1) is 0 Å². The Morgan fingerprint density at radius 1 is 1.27 bits per heavy atom. The first-order valence-corrected chi connectivity index (χ1v) is 5.49. The van der Waals surface area contributed by atoms with Crippen molar-refractivity contribution < 1.29 is 18.3 Å². The van der Waals surface area contributed by atoms with Gasteiger partial charge in [0.1, 0.15) is 0 Å². The van der Waals surface area contributed by atoms with E-state index in [4.69, 9.17) is 10.2 Å². The molecule has 0 spiro atoms. The molecule has 0 heterocycles. The van der Waals surface area contributed by atoms with E-state index in [1.165, 1.54) is 0 Å². The lowest BCUT2D eigenvalue weighted by atomic mass is 10.2. The predicted molar refractivity (Wildman–Crippen MR) is 55.2 cm³/mol. The summed E-state index contributed by atoms with van der Waals surface area (Å²) in [7, 11) is -4.20. The van der Waals surface area contributed by atoms with Crippen molar-refractivity contribution in [2.45, 2.75) is 0 Å². The van der Waals surface area contributed by atoms with E-state index in [1.807, 2.05) is 0 Å². The third-order valence-electron chi connectivity index (χ3n) is 1.61. The first-order chi connectivity index (χ1) is 6.91. The molecule has 1 aromatic carbocycles. The Morgan fingerprint density at radius 3 is 2.20 bits per heavy atom. The normalized spacial score (nSPS) is 12.5. The molecule has 0 aliphatic carbocycles. The third-order valence-corrected chi connectivity index (χ3v) is 2.52. The van der Waals surface area contributed by atoms with Crippen LogP contribution in [0.1, 0.15) is 5.56 Å². The molecular formula is C9H9NO4S. The number of hydrogen-bond acceptors (Lipinski definition) is 3. The largest absolute Gasteiger partial charge is 0.477 e. The summed E-state index contributed by atoms with van der Waals surface area (Å²) in [5.74, 6) is -1.57. The van der Waals surface area contributed by atoms with E-state index in [-0.39, 0.29) is 0 Å². The number of benzene rings is 1. The molecule has 0 aromatic heterocycles. The van der Waals surface area contributed by atoms with Gasteiger partial charge in [-0.25, -0.2) is 18.4 Å². The molecule has 0 radical (unpaired) electrons. The molecule has 0 saturated heterocycles. The molecule has 0 unspecified atom stereocenters. The van der Waals surface area contributed by atoms with Crippen LogP contribution in [0, 0.1) is 0 Å². The molecule has 3 N–H and O–H groups in total. The fraction of sp³-hybridized carbons (Fsp3) is 0. The summed E-state index contributed by atoms with van der Waals surface area (Å²) in [5, 5.41) is 13.4. The Balaban J connectivity index is 3.24. The minimum atomic E-state index is -4.20. The number of hydrogen-bond donors (Lipinski definition) is 2. The van der Waals surface area contributed by atoms with Crippen LogP contribution in [0.2, 0.25) is 0 Å². The maximum absolute atomic E-state index is 10.9. The van der Waals surface area contributed by atoms with E-state index < -0.39 is 20.9 Å². The summed E-state index contributed by atoms with van der Waals surface area (Å²) >= 11 is 0. The molecule has 0 atom stereocenters. The van der Waals surface area contributed by atoms with Crippen LogP contribution in [-0.4, -0.2) is 19.5 Å². The van der Waals surface area contributed by atoms with Crippen molar-refractivity contribution >= 4 is 22.1 Å². The van der Waals surface area contributed by atoms with Crippen molar-refractivity contribution in [1.29, 1.82) is 0 Å². The van der Waals surface area contributed by atoms with E-state index in [0.717, 1.165) is 6.08 Å². The van der Waals surface area contributed by atoms with Gasteiger partial charge in [-0.15, -0.1) is 0 Å². The monoisotopic (exact) mass is 227 g/mol. The minimum absolute atomic E-state index is 0.462. The third kappa shape index (κ3) is 3.19. The van der Waals surface area contributed by atoms with Crippen molar-refractivity contribution in [1.82, 2.24) is 0 Å². The standard InChI is InChI=1S/C9H9NO4S/c10-15(13,14)8(9(11)12)6-7-4-2-1-3-5-7/h1-6H,(H,11,12)(H2,10,13,14). The SMILES string of the molecule is NS(=O)(=O)C(=Cc1ccccc1)C(=O)O. The lowest BCUT2D eigenvalue weighted by Gasteiger charge is -1.98. The second kappa shape index (κ2) is 4.24. The number of carboxylic acid groups (broad SMARTS) is 1. The van der Waals surface area contributed by atoms with Gasteiger partial charge in [0, 0.05) is 0 Å². The summed E-state index contributed by atoms with van der Waals surface area (Å²) in [6.07, 6.45) is 1.01. The zero-order valence-corrected chi connectivity index (χ0v) is 8.44. The van der Waals surface area contributed by atoms with Crippen LogP contribution in [0.5, 0.6) is 0 Å². The van der Waals surface area contributed by atoms with Gasteiger partial charge < -0.3 is 5.11 Å². The summed E-state index contributed by atoms with van der Waals surface area (Å²) in [6, 6.07) is 8.21. The molecule has 15 heavy (non-hydrogen) atoms. The van der Waals surface area contributed by atoms with Crippen molar-refractivity contribution in [2.75, 3.05) is 0 Å². The van der Waals surface area contributed by atoms with Crippen molar-refractivity contribution in [3.8, 4) is 0 Å². The molecule has 0 saturated carbocycles. The van der Waals surface area contributed by atoms with Gasteiger partial charge in [-0.1, -0.05) is 30.3 Å². The van der Waals surface area contributed by atoms with Gasteiger partial charge in [0.25, 0.3) is 0 Å². The molecule has 80 valence electrons. The first-order valence-electron chi connectivity index (χ1n) is 3.94. The van der Waals surface area contributed by atoms with Crippen LogP contribution in [0.25, 0.3) is 6.08 Å². The Kier molecular flexibility index (Phi) is 3.23. The number of nitrogens with two attached hydrogens (primary N) is 1. The molecular weight excluding hydrogens is 218 g/mol. The smallest absolute Gasteiger partial charge is 0.348 e. The van der Waals surface area contributed by atoms with Gasteiger partial charge in [-0.3, -0.25) is 0 Å². The van der Waals surface area contributed by atoms with E-state index in [0.29, 0.717) is 5.56 Å². The molecule has 6 heteroatoms.